The van der Waals surface area contributed by atoms with Crippen LogP contribution in [0.15, 0.2) is 4.99 Å². The Balaban J connectivity index is 2.52. The van der Waals surface area contributed by atoms with Crippen molar-refractivity contribution in [3.05, 3.63) is 0 Å². The lowest BCUT2D eigenvalue weighted by Gasteiger charge is -1.98. The summed E-state index contributed by atoms with van der Waals surface area (Å²) in [7, 11) is 0. The van der Waals surface area contributed by atoms with E-state index in [-0.39, 0.29) is 18.5 Å². The minimum Gasteiger partial charge on any atom is -0.396 e. The number of amides is 1. The maximum atomic E-state index is 10.8. The highest BCUT2D eigenvalue weighted by molar-refractivity contribution is 6.04. The molecule has 56 valence electrons. The van der Waals surface area contributed by atoms with Gasteiger partial charge in [0.15, 0.2) is 5.96 Å². The molecule has 5 nitrogen and oxygen atoms in total. The molecule has 0 aromatic carbocycles. The second kappa shape index (κ2) is 2.66. The van der Waals surface area contributed by atoms with Crippen LogP contribution in [0, 0.1) is 0 Å². The van der Waals surface area contributed by atoms with Gasteiger partial charge in [-0.2, -0.15) is 0 Å². The van der Waals surface area contributed by atoms with Gasteiger partial charge in [0.25, 0.3) is 5.91 Å². The van der Waals surface area contributed by atoms with E-state index < -0.39 is 6.04 Å². The summed E-state index contributed by atoms with van der Waals surface area (Å²) < 4.78 is 0. The predicted octanol–water partition coefficient (Wildman–Crippen LogP) is -1.82. The van der Waals surface area contributed by atoms with Crippen LogP contribution >= 0.6 is 0 Å². The van der Waals surface area contributed by atoms with Crippen molar-refractivity contribution in [1.82, 2.24) is 5.32 Å². The average molecular weight is 143 g/mol. The molecule has 1 aliphatic heterocycles. The molecule has 0 radical (unpaired) electrons. The summed E-state index contributed by atoms with van der Waals surface area (Å²) in [6.45, 7) is -0.0468. The van der Waals surface area contributed by atoms with Crippen molar-refractivity contribution in [2.24, 2.45) is 10.7 Å². The maximum absolute atomic E-state index is 10.8. The summed E-state index contributed by atoms with van der Waals surface area (Å²) in [5.74, 6) is -0.0880. The first-order chi connectivity index (χ1) is 4.74. The Morgan fingerprint density at radius 2 is 2.50 bits per heavy atom. The molecule has 10 heavy (non-hydrogen) atoms. The van der Waals surface area contributed by atoms with Crippen molar-refractivity contribution in [3.63, 3.8) is 0 Å². The van der Waals surface area contributed by atoms with Crippen molar-refractivity contribution in [3.8, 4) is 0 Å². The third-order valence-corrected chi connectivity index (χ3v) is 1.25. The Morgan fingerprint density at radius 3 is 2.90 bits per heavy atom. The van der Waals surface area contributed by atoms with E-state index in [9.17, 15) is 4.79 Å². The number of carbonyl (C=O) groups is 1. The number of aliphatic hydroxyl groups is 1. The van der Waals surface area contributed by atoms with E-state index in [1.807, 2.05) is 0 Å². The Morgan fingerprint density at radius 1 is 1.80 bits per heavy atom. The largest absolute Gasteiger partial charge is 0.396 e. The molecule has 0 spiro atoms. The zero-order valence-corrected chi connectivity index (χ0v) is 5.37. The lowest BCUT2D eigenvalue weighted by molar-refractivity contribution is -0.120. The molecule has 1 heterocycles. The summed E-state index contributed by atoms with van der Waals surface area (Å²) in [6.07, 6.45) is 0.340. The van der Waals surface area contributed by atoms with Crippen LogP contribution in [0.25, 0.3) is 0 Å². The third kappa shape index (κ3) is 1.24. The number of hydrogen-bond acceptors (Lipinski definition) is 4. The number of nitrogens with two attached hydrogens (primary N) is 1. The van der Waals surface area contributed by atoms with E-state index in [1.165, 1.54) is 0 Å². The van der Waals surface area contributed by atoms with Gasteiger partial charge >= 0.3 is 0 Å². The molecular weight excluding hydrogens is 134 g/mol. The van der Waals surface area contributed by atoms with E-state index in [0.717, 1.165) is 0 Å². The fourth-order valence-corrected chi connectivity index (χ4v) is 0.786. The predicted molar refractivity (Wildman–Crippen MR) is 35.3 cm³/mol. The summed E-state index contributed by atoms with van der Waals surface area (Å²) >= 11 is 0. The normalized spacial score (nSPS) is 24.3. The topological polar surface area (TPSA) is 87.7 Å². The van der Waals surface area contributed by atoms with Gasteiger partial charge in [-0.05, 0) is 0 Å². The lowest BCUT2D eigenvalue weighted by Crippen LogP contribution is -2.33. The second-order valence-corrected chi connectivity index (χ2v) is 2.03. The highest BCUT2D eigenvalue weighted by Crippen LogP contribution is 2.01. The van der Waals surface area contributed by atoms with E-state index in [4.69, 9.17) is 10.8 Å². The van der Waals surface area contributed by atoms with Gasteiger partial charge in [0, 0.05) is 13.0 Å². The average Bonchev–Trinajstić information content (AvgIpc) is 2.13. The number of hydrogen-bond donors (Lipinski definition) is 3. The van der Waals surface area contributed by atoms with Gasteiger partial charge in [0.2, 0.25) is 0 Å². The first kappa shape index (κ1) is 7.01. The van der Waals surface area contributed by atoms with Crippen molar-refractivity contribution in [1.29, 1.82) is 0 Å². The van der Waals surface area contributed by atoms with Crippen molar-refractivity contribution in [2.75, 3.05) is 6.61 Å². The molecule has 1 rings (SSSR count). The van der Waals surface area contributed by atoms with Crippen molar-refractivity contribution in [2.45, 2.75) is 12.5 Å². The van der Waals surface area contributed by atoms with E-state index in [0.29, 0.717) is 6.42 Å². The Labute approximate surface area is 57.9 Å². The number of aliphatic imine (C=N–C) groups is 1. The molecule has 0 aromatic heterocycles. The van der Waals surface area contributed by atoms with Gasteiger partial charge in [0.1, 0.15) is 6.04 Å². The van der Waals surface area contributed by atoms with Crippen LogP contribution in [-0.4, -0.2) is 29.6 Å². The van der Waals surface area contributed by atoms with Gasteiger partial charge in [-0.15, -0.1) is 0 Å². The second-order valence-electron chi connectivity index (χ2n) is 2.03. The number of guanidine groups is 1. The van der Waals surface area contributed by atoms with Crippen LogP contribution in [0.1, 0.15) is 6.42 Å². The van der Waals surface area contributed by atoms with Crippen LogP contribution in [0.5, 0.6) is 0 Å². The molecule has 1 unspecified atom stereocenters. The zero-order valence-electron chi connectivity index (χ0n) is 5.37. The minimum atomic E-state index is -0.481. The fourth-order valence-electron chi connectivity index (χ4n) is 0.786. The van der Waals surface area contributed by atoms with E-state index in [2.05, 4.69) is 10.3 Å². The fraction of sp³-hybridized carbons (Fsp3) is 0.600. The molecule has 0 aromatic rings. The van der Waals surface area contributed by atoms with Gasteiger partial charge < -0.3 is 10.8 Å². The Kier molecular flexibility index (Phi) is 1.86. The van der Waals surface area contributed by atoms with Crippen LogP contribution in [0.4, 0.5) is 0 Å². The summed E-state index contributed by atoms with van der Waals surface area (Å²) in [4.78, 5) is 14.5. The summed E-state index contributed by atoms with van der Waals surface area (Å²) in [5, 5.41) is 10.8. The minimum absolute atomic E-state index is 0.0468. The number of carbonyl (C=O) groups excluding carboxylic acids is 1. The summed E-state index contributed by atoms with van der Waals surface area (Å²) in [6, 6.07) is -0.481. The quantitative estimate of drug-likeness (QED) is 0.425. The molecule has 0 saturated heterocycles. The molecule has 0 bridgehead atoms. The van der Waals surface area contributed by atoms with Gasteiger partial charge in [-0.1, -0.05) is 0 Å². The number of aliphatic hydroxyl groups excluding tert-OH is 1. The van der Waals surface area contributed by atoms with Crippen LogP contribution in [-0.2, 0) is 4.79 Å². The van der Waals surface area contributed by atoms with Crippen molar-refractivity contribution < 1.29 is 9.90 Å². The zero-order chi connectivity index (χ0) is 7.56. The number of rotatable bonds is 2. The molecule has 5 heteroatoms. The third-order valence-electron chi connectivity index (χ3n) is 1.25. The summed E-state index contributed by atoms with van der Waals surface area (Å²) in [5.41, 5.74) is 5.18. The van der Waals surface area contributed by atoms with Gasteiger partial charge in [-0.3, -0.25) is 10.1 Å². The molecule has 0 fully saturated rings. The Bertz CT molecular complexity index is 178. The lowest BCUT2D eigenvalue weighted by atomic mass is 10.2. The number of nitrogens with one attached hydrogen (secondary N) is 1. The first-order valence-corrected chi connectivity index (χ1v) is 2.99. The van der Waals surface area contributed by atoms with Crippen LogP contribution in [0.3, 0.4) is 0 Å². The monoisotopic (exact) mass is 143 g/mol. The van der Waals surface area contributed by atoms with Crippen LogP contribution < -0.4 is 11.1 Å². The molecule has 0 aliphatic carbocycles. The standard InChI is InChI=1S/C5H9N3O2/c6-5-7-3(1-2-9)4(10)8-5/h3,9H,1-2H2,(H3,6,7,8,10). The Hall–Kier alpha value is -1.10. The van der Waals surface area contributed by atoms with E-state index in [1.54, 1.807) is 0 Å². The highest BCUT2D eigenvalue weighted by atomic mass is 16.3. The van der Waals surface area contributed by atoms with E-state index >= 15 is 0 Å². The first-order valence-electron chi connectivity index (χ1n) is 2.99. The van der Waals surface area contributed by atoms with Gasteiger partial charge in [0.05, 0.1) is 0 Å². The molecule has 4 N–H and O–H groups in total. The van der Waals surface area contributed by atoms with Crippen molar-refractivity contribution >= 4 is 11.9 Å². The van der Waals surface area contributed by atoms with Crippen LogP contribution in [0.2, 0.25) is 0 Å². The smallest absolute Gasteiger partial charge is 0.251 e. The molecular formula is C5H9N3O2. The highest BCUT2D eigenvalue weighted by Gasteiger charge is 2.23. The molecule has 1 amide bonds. The molecule has 0 saturated carbocycles. The molecule has 1 atom stereocenters. The number of nitrogens with zero attached hydrogens (tertiary/aromatic N) is 1. The maximum Gasteiger partial charge on any atom is 0.251 e. The molecule has 1 aliphatic rings. The van der Waals surface area contributed by atoms with Gasteiger partial charge in [-0.25, -0.2) is 4.99 Å². The SMILES string of the molecule is NC1=NC(CCO)C(=O)N1.